The minimum absolute atomic E-state index is 0.0551. The molecule has 30 heavy (non-hydrogen) atoms. The lowest BCUT2D eigenvalue weighted by atomic mass is 10.2. The van der Waals surface area contributed by atoms with Gasteiger partial charge in [-0.25, -0.2) is 0 Å². The van der Waals surface area contributed by atoms with E-state index in [1.165, 1.54) is 15.3 Å². The van der Waals surface area contributed by atoms with Crippen LogP contribution in [-0.2, 0) is 0 Å². The Bertz CT molecular complexity index is 1340. The van der Waals surface area contributed by atoms with Crippen molar-refractivity contribution in [2.45, 2.75) is 6.92 Å². The minimum Gasteiger partial charge on any atom is -0.494 e. The van der Waals surface area contributed by atoms with Crippen molar-refractivity contribution in [3.8, 4) is 17.3 Å². The van der Waals surface area contributed by atoms with Crippen molar-refractivity contribution in [2.75, 3.05) is 0 Å². The van der Waals surface area contributed by atoms with Crippen molar-refractivity contribution in [1.29, 1.82) is 0 Å². The van der Waals surface area contributed by atoms with Crippen LogP contribution in [-0.4, -0.2) is 20.5 Å². The molecular formula is C24H19N3O2S. The zero-order chi connectivity index (χ0) is 21.1. The number of hydrogen-bond donors (Lipinski definition) is 1. The molecule has 0 aliphatic heterocycles. The summed E-state index contributed by atoms with van der Waals surface area (Å²) in [4.78, 5) is 17.8. The van der Waals surface area contributed by atoms with Gasteiger partial charge in [-0.2, -0.15) is 0 Å². The molecule has 3 aromatic carbocycles. The van der Waals surface area contributed by atoms with Crippen LogP contribution in [0.2, 0.25) is 0 Å². The van der Waals surface area contributed by atoms with E-state index in [0.29, 0.717) is 11.4 Å². The van der Waals surface area contributed by atoms with E-state index in [1.54, 1.807) is 12.1 Å². The Morgan fingerprint density at radius 3 is 1.97 bits per heavy atom. The summed E-state index contributed by atoms with van der Waals surface area (Å²) in [5.74, 6) is -0.249. The molecule has 0 amide bonds. The van der Waals surface area contributed by atoms with Gasteiger partial charge in [0.05, 0.1) is 17.1 Å². The smallest absolute Gasteiger partial charge is 0.271 e. The molecule has 0 atom stereocenters. The molecule has 1 heterocycles. The zero-order valence-corrected chi connectivity index (χ0v) is 17.1. The van der Waals surface area contributed by atoms with Gasteiger partial charge >= 0.3 is 0 Å². The van der Waals surface area contributed by atoms with Gasteiger partial charge in [-0.3, -0.25) is 18.9 Å². The first kappa shape index (κ1) is 19.5. The molecule has 0 aliphatic rings. The van der Waals surface area contributed by atoms with Crippen LogP contribution in [0.15, 0.2) is 94.7 Å². The molecule has 1 aromatic heterocycles. The highest BCUT2D eigenvalue weighted by Crippen LogP contribution is 2.23. The summed E-state index contributed by atoms with van der Waals surface area (Å²) in [6, 6.07) is 25.9. The van der Waals surface area contributed by atoms with Crippen LogP contribution in [0.1, 0.15) is 11.1 Å². The van der Waals surface area contributed by atoms with Crippen LogP contribution in [0.25, 0.3) is 11.4 Å². The Morgan fingerprint density at radius 2 is 1.37 bits per heavy atom. The molecule has 0 aliphatic carbocycles. The quantitative estimate of drug-likeness (QED) is 0.373. The maximum absolute atomic E-state index is 13.3. The van der Waals surface area contributed by atoms with Gasteiger partial charge in [0.1, 0.15) is 5.56 Å². The van der Waals surface area contributed by atoms with Crippen LogP contribution >= 0.6 is 12.2 Å². The van der Waals surface area contributed by atoms with E-state index in [-0.39, 0.29) is 16.2 Å². The van der Waals surface area contributed by atoms with Crippen molar-refractivity contribution in [2.24, 2.45) is 4.99 Å². The van der Waals surface area contributed by atoms with E-state index in [0.717, 1.165) is 11.3 Å². The number of hydrogen-bond acceptors (Lipinski definition) is 4. The van der Waals surface area contributed by atoms with Gasteiger partial charge in [0.25, 0.3) is 5.56 Å². The average Bonchev–Trinajstić information content (AvgIpc) is 2.76. The van der Waals surface area contributed by atoms with Crippen molar-refractivity contribution in [1.82, 2.24) is 9.13 Å². The molecule has 5 nitrogen and oxygen atoms in total. The third-order valence-electron chi connectivity index (χ3n) is 4.75. The van der Waals surface area contributed by atoms with Crippen LogP contribution in [0.5, 0.6) is 5.88 Å². The molecule has 0 bridgehead atoms. The Hall–Kier alpha value is -3.77. The molecule has 0 unspecified atom stereocenters. The second-order valence-corrected chi connectivity index (χ2v) is 7.08. The van der Waals surface area contributed by atoms with Crippen molar-refractivity contribution in [3.05, 3.63) is 111 Å². The largest absolute Gasteiger partial charge is 0.494 e. The molecule has 0 spiro atoms. The highest BCUT2D eigenvalue weighted by Gasteiger charge is 2.18. The minimum atomic E-state index is -0.437. The number of para-hydroxylation sites is 3. The lowest BCUT2D eigenvalue weighted by molar-refractivity contribution is 0.430. The van der Waals surface area contributed by atoms with Crippen LogP contribution < -0.4 is 5.56 Å². The Balaban J connectivity index is 2.02. The molecule has 4 aromatic rings. The summed E-state index contributed by atoms with van der Waals surface area (Å²) in [6.07, 6.45) is 1.40. The average molecular weight is 414 g/mol. The summed E-state index contributed by atoms with van der Waals surface area (Å²) >= 11 is 5.61. The third-order valence-corrected chi connectivity index (χ3v) is 5.11. The maximum atomic E-state index is 13.3. The second-order valence-electron chi connectivity index (χ2n) is 6.71. The molecule has 0 radical (unpaired) electrons. The topological polar surface area (TPSA) is 59.5 Å². The summed E-state index contributed by atoms with van der Waals surface area (Å²) in [5.41, 5.74) is 2.56. The molecule has 0 fully saturated rings. The predicted molar refractivity (Wildman–Crippen MR) is 122 cm³/mol. The first-order chi connectivity index (χ1) is 14.6. The number of nitrogens with zero attached hydrogens (tertiary/aromatic N) is 3. The van der Waals surface area contributed by atoms with Gasteiger partial charge < -0.3 is 5.11 Å². The molecule has 1 N–H and O–H groups in total. The van der Waals surface area contributed by atoms with Gasteiger partial charge in [-0.1, -0.05) is 54.6 Å². The number of aliphatic imine (C=N–C) groups is 1. The fourth-order valence-corrected chi connectivity index (χ4v) is 3.56. The number of rotatable bonds is 4. The monoisotopic (exact) mass is 413 g/mol. The Labute approximate surface area is 178 Å². The zero-order valence-electron chi connectivity index (χ0n) is 16.3. The molecule has 148 valence electrons. The molecule has 4 rings (SSSR count). The van der Waals surface area contributed by atoms with Gasteiger partial charge in [0.2, 0.25) is 5.88 Å². The number of aromatic nitrogens is 2. The van der Waals surface area contributed by atoms with Crippen molar-refractivity contribution < 1.29 is 5.11 Å². The summed E-state index contributed by atoms with van der Waals surface area (Å²) in [7, 11) is 0. The lowest BCUT2D eigenvalue weighted by Crippen LogP contribution is -2.27. The van der Waals surface area contributed by atoms with Crippen LogP contribution in [0.3, 0.4) is 0 Å². The number of aromatic hydroxyl groups is 1. The van der Waals surface area contributed by atoms with Gasteiger partial charge in [-0.05, 0) is 55.0 Å². The molecule has 0 saturated carbocycles. The maximum Gasteiger partial charge on any atom is 0.271 e. The van der Waals surface area contributed by atoms with Gasteiger partial charge in [0, 0.05) is 6.21 Å². The fraction of sp³-hybridized carbons (Fsp3) is 0.0417. The standard InChI is InChI=1S/C24H19N3O2S/c1-17-10-8-9-15-21(17)25-16-20-22(28)26(18-11-4-2-5-12-18)24(30)27(23(20)29)19-13-6-3-7-14-19/h2-16,28H,1H3. The Kier molecular flexibility index (Phi) is 5.41. The molecule has 0 saturated heterocycles. The van der Waals surface area contributed by atoms with E-state index in [9.17, 15) is 9.90 Å². The van der Waals surface area contributed by atoms with E-state index >= 15 is 0 Å². The van der Waals surface area contributed by atoms with Crippen molar-refractivity contribution >= 4 is 24.1 Å². The first-order valence-electron chi connectivity index (χ1n) is 9.39. The summed E-state index contributed by atoms with van der Waals surface area (Å²) in [5, 5.41) is 11.0. The predicted octanol–water partition coefficient (Wildman–Crippen LogP) is 5.12. The number of benzene rings is 3. The van der Waals surface area contributed by atoms with Gasteiger partial charge in [-0.15, -0.1) is 0 Å². The van der Waals surface area contributed by atoms with E-state index in [1.807, 2.05) is 79.7 Å². The fourth-order valence-electron chi connectivity index (χ4n) is 3.18. The third kappa shape index (κ3) is 3.60. The van der Waals surface area contributed by atoms with E-state index < -0.39 is 5.56 Å². The molecule has 6 heteroatoms. The highest BCUT2D eigenvalue weighted by molar-refractivity contribution is 7.71. The Morgan fingerprint density at radius 1 is 0.833 bits per heavy atom. The lowest BCUT2D eigenvalue weighted by Gasteiger charge is -2.16. The van der Waals surface area contributed by atoms with E-state index in [4.69, 9.17) is 12.2 Å². The first-order valence-corrected chi connectivity index (χ1v) is 9.80. The van der Waals surface area contributed by atoms with Crippen LogP contribution in [0.4, 0.5) is 5.69 Å². The molecular weight excluding hydrogens is 394 g/mol. The second kappa shape index (κ2) is 8.31. The van der Waals surface area contributed by atoms with E-state index in [2.05, 4.69) is 4.99 Å². The normalized spacial score (nSPS) is 11.1. The summed E-state index contributed by atoms with van der Waals surface area (Å²) < 4.78 is 3.05. The van der Waals surface area contributed by atoms with Crippen LogP contribution in [0, 0.1) is 11.7 Å². The number of aryl methyl sites for hydroxylation is 1. The SMILES string of the molecule is Cc1ccccc1N=Cc1c(O)n(-c2ccccc2)c(=S)n(-c2ccccc2)c1=O. The van der Waals surface area contributed by atoms with Crippen molar-refractivity contribution in [3.63, 3.8) is 0 Å². The van der Waals surface area contributed by atoms with Gasteiger partial charge in [0.15, 0.2) is 4.77 Å². The summed E-state index contributed by atoms with van der Waals surface area (Å²) in [6.45, 7) is 1.94. The highest BCUT2D eigenvalue weighted by atomic mass is 32.1.